The van der Waals surface area contributed by atoms with Crippen LogP contribution in [0.15, 0.2) is 53.3 Å². The van der Waals surface area contributed by atoms with Gasteiger partial charge in [0.25, 0.3) is 5.56 Å². The van der Waals surface area contributed by atoms with E-state index in [0.29, 0.717) is 4.68 Å². The third-order valence-electron chi connectivity index (χ3n) is 4.69. The highest BCUT2D eigenvalue weighted by molar-refractivity contribution is 6.13. The van der Waals surface area contributed by atoms with Gasteiger partial charge in [-0.25, -0.2) is 9.07 Å². The van der Waals surface area contributed by atoms with Gasteiger partial charge < -0.3 is 15.9 Å². The van der Waals surface area contributed by atoms with Gasteiger partial charge in [0.1, 0.15) is 17.1 Å². The molecule has 3 aromatic rings. The molecule has 0 radical (unpaired) electrons. The number of nitrogens with two attached hydrogens (primary N) is 1. The Labute approximate surface area is 182 Å². The molecule has 3 rings (SSSR count). The topological polar surface area (TPSA) is 136 Å². The number of carbonyl (C=O) groups excluding carboxylic acids is 1. The van der Waals surface area contributed by atoms with Crippen molar-refractivity contribution in [3.63, 3.8) is 0 Å². The van der Waals surface area contributed by atoms with Crippen LogP contribution in [0.4, 0.5) is 17.6 Å². The molecular formula is C21H15F4N3O5. The molecule has 0 aliphatic rings. The minimum Gasteiger partial charge on any atom is -0.505 e. The maximum absolute atomic E-state index is 13.4. The molecule has 0 aliphatic carbocycles. The Morgan fingerprint density at radius 1 is 1.09 bits per heavy atom. The zero-order valence-electron chi connectivity index (χ0n) is 16.5. The van der Waals surface area contributed by atoms with Crippen LogP contribution in [0, 0.1) is 5.82 Å². The zero-order valence-corrected chi connectivity index (χ0v) is 16.5. The summed E-state index contributed by atoms with van der Waals surface area (Å²) in [4.78, 5) is 36.6. The van der Waals surface area contributed by atoms with Gasteiger partial charge in [-0.15, -0.1) is 0 Å². The second-order valence-corrected chi connectivity index (χ2v) is 6.88. The summed E-state index contributed by atoms with van der Waals surface area (Å²) in [5, 5.41) is 23.4. The normalized spacial score (nSPS) is 12.4. The van der Waals surface area contributed by atoms with E-state index in [9.17, 15) is 37.1 Å². The van der Waals surface area contributed by atoms with Crippen LogP contribution in [-0.4, -0.2) is 37.8 Å². The van der Waals surface area contributed by atoms with E-state index in [1.54, 1.807) is 0 Å². The van der Waals surface area contributed by atoms with Crippen molar-refractivity contribution in [2.75, 3.05) is 0 Å². The van der Waals surface area contributed by atoms with Gasteiger partial charge >= 0.3 is 12.1 Å². The number of carboxylic acid groups (broad SMARTS) is 1. The van der Waals surface area contributed by atoms with Gasteiger partial charge in [0.2, 0.25) is 0 Å². The molecular weight excluding hydrogens is 450 g/mol. The zero-order chi connectivity index (χ0) is 24.5. The lowest BCUT2D eigenvalue weighted by Gasteiger charge is -2.16. The van der Waals surface area contributed by atoms with E-state index in [0.717, 1.165) is 42.5 Å². The van der Waals surface area contributed by atoms with Crippen molar-refractivity contribution in [3.8, 4) is 17.0 Å². The Bertz CT molecular complexity index is 1290. The van der Waals surface area contributed by atoms with Crippen molar-refractivity contribution in [3.05, 3.63) is 81.4 Å². The molecule has 1 heterocycles. The van der Waals surface area contributed by atoms with Gasteiger partial charge in [0.15, 0.2) is 17.6 Å². The van der Waals surface area contributed by atoms with Crippen LogP contribution < -0.4 is 11.3 Å². The summed E-state index contributed by atoms with van der Waals surface area (Å²) in [6, 6.07) is 6.32. The smallest absolute Gasteiger partial charge is 0.416 e. The highest BCUT2D eigenvalue weighted by Crippen LogP contribution is 2.33. The Morgan fingerprint density at radius 3 is 2.27 bits per heavy atom. The van der Waals surface area contributed by atoms with Gasteiger partial charge in [0, 0.05) is 5.56 Å². The second-order valence-electron chi connectivity index (χ2n) is 6.88. The quantitative estimate of drug-likeness (QED) is 0.289. The van der Waals surface area contributed by atoms with Crippen molar-refractivity contribution >= 4 is 11.8 Å². The van der Waals surface area contributed by atoms with Crippen LogP contribution in [-0.2, 0) is 17.5 Å². The second kappa shape index (κ2) is 8.82. The molecule has 1 aromatic heterocycles. The monoisotopic (exact) mass is 465 g/mol. The fourth-order valence-electron chi connectivity index (χ4n) is 3.06. The van der Waals surface area contributed by atoms with Crippen molar-refractivity contribution in [1.29, 1.82) is 0 Å². The third kappa shape index (κ3) is 4.75. The molecule has 0 saturated heterocycles. The van der Waals surface area contributed by atoms with Crippen molar-refractivity contribution in [2.45, 2.75) is 18.8 Å². The van der Waals surface area contributed by atoms with Crippen LogP contribution in [0.5, 0.6) is 5.75 Å². The number of hydrogen-bond donors (Lipinski definition) is 3. The van der Waals surface area contributed by atoms with Gasteiger partial charge in [-0.3, -0.25) is 14.4 Å². The first-order valence-corrected chi connectivity index (χ1v) is 9.19. The number of benzene rings is 2. The minimum atomic E-state index is -4.76. The highest BCUT2D eigenvalue weighted by Gasteiger charge is 2.34. The van der Waals surface area contributed by atoms with E-state index in [4.69, 9.17) is 10.8 Å². The number of aromatic nitrogens is 2. The first-order valence-electron chi connectivity index (χ1n) is 9.19. The number of hydrogen-bond acceptors (Lipinski definition) is 6. The van der Waals surface area contributed by atoms with Crippen LogP contribution in [0.1, 0.15) is 21.5 Å². The lowest BCUT2D eigenvalue weighted by molar-refractivity contribution is -0.138. The molecule has 1 unspecified atom stereocenters. The molecule has 1 atom stereocenters. The Morgan fingerprint density at radius 2 is 1.70 bits per heavy atom. The van der Waals surface area contributed by atoms with Crippen LogP contribution in [0.25, 0.3) is 11.3 Å². The van der Waals surface area contributed by atoms with E-state index < -0.39 is 64.5 Å². The number of halogens is 4. The first kappa shape index (κ1) is 23.6. The molecule has 0 saturated carbocycles. The molecule has 0 aliphatic heterocycles. The van der Waals surface area contributed by atoms with Gasteiger partial charge in [-0.2, -0.15) is 18.3 Å². The van der Waals surface area contributed by atoms with E-state index in [-0.39, 0.29) is 11.1 Å². The summed E-state index contributed by atoms with van der Waals surface area (Å²) in [5.74, 6) is -4.97. The highest BCUT2D eigenvalue weighted by atomic mass is 19.4. The Balaban J connectivity index is 2.27. The Kier molecular flexibility index (Phi) is 6.31. The number of rotatable bonds is 6. The average Bonchev–Trinajstić information content (AvgIpc) is 2.75. The van der Waals surface area contributed by atoms with Crippen molar-refractivity contribution in [1.82, 2.24) is 9.78 Å². The number of nitrogens with zero attached hydrogens (tertiary/aromatic N) is 2. The summed E-state index contributed by atoms with van der Waals surface area (Å²) in [6.07, 6.45) is -4.76. The maximum Gasteiger partial charge on any atom is 0.416 e. The fourth-order valence-corrected chi connectivity index (χ4v) is 3.06. The van der Waals surface area contributed by atoms with Gasteiger partial charge in [-0.1, -0.05) is 18.2 Å². The predicted octanol–water partition coefficient (Wildman–Crippen LogP) is 2.42. The molecule has 0 bridgehead atoms. The third-order valence-corrected chi connectivity index (χ3v) is 4.69. The van der Waals surface area contributed by atoms with E-state index in [2.05, 4.69) is 5.10 Å². The van der Waals surface area contributed by atoms with E-state index in [1.165, 1.54) is 6.07 Å². The SMILES string of the molecule is NC(C(=O)O)C(=O)c1c(O)c(-c2ccc(F)cc2)nn(Cc2ccccc2C(F)(F)F)c1=O. The van der Waals surface area contributed by atoms with E-state index in [1.807, 2.05) is 0 Å². The molecule has 2 aromatic carbocycles. The molecule has 12 heteroatoms. The Hall–Kier alpha value is -4.06. The summed E-state index contributed by atoms with van der Waals surface area (Å²) in [7, 11) is 0. The number of aromatic hydroxyl groups is 1. The van der Waals surface area contributed by atoms with E-state index >= 15 is 0 Å². The molecule has 4 N–H and O–H groups in total. The largest absolute Gasteiger partial charge is 0.505 e. The number of aliphatic carboxylic acids is 1. The summed E-state index contributed by atoms with van der Waals surface area (Å²) < 4.78 is 53.9. The lowest BCUT2D eigenvalue weighted by Crippen LogP contribution is -2.42. The van der Waals surface area contributed by atoms with Gasteiger partial charge in [0.05, 0.1) is 12.1 Å². The number of alkyl halides is 3. The summed E-state index contributed by atoms with van der Waals surface area (Å²) in [5.41, 5.74) is 0.982. The number of Topliss-reactive ketones (excluding diaryl/α,β-unsaturated/α-hetero) is 1. The molecule has 0 spiro atoms. The molecule has 8 nitrogen and oxygen atoms in total. The fraction of sp³-hybridized carbons (Fsp3) is 0.143. The molecule has 33 heavy (non-hydrogen) atoms. The van der Waals surface area contributed by atoms with Crippen LogP contribution in [0.3, 0.4) is 0 Å². The van der Waals surface area contributed by atoms with Gasteiger partial charge in [-0.05, 0) is 35.9 Å². The van der Waals surface area contributed by atoms with Crippen molar-refractivity contribution in [2.24, 2.45) is 5.73 Å². The summed E-state index contributed by atoms with van der Waals surface area (Å²) in [6.45, 7) is -0.772. The number of ketones is 1. The molecule has 172 valence electrons. The predicted molar refractivity (Wildman–Crippen MR) is 106 cm³/mol. The minimum absolute atomic E-state index is 0.00435. The molecule has 0 fully saturated rings. The van der Waals surface area contributed by atoms with Crippen LogP contribution >= 0.6 is 0 Å². The molecule has 0 amide bonds. The number of carbonyl (C=O) groups is 2. The van der Waals surface area contributed by atoms with Crippen molar-refractivity contribution < 1.29 is 37.4 Å². The average molecular weight is 465 g/mol. The first-order chi connectivity index (χ1) is 15.4. The summed E-state index contributed by atoms with van der Waals surface area (Å²) >= 11 is 0. The number of carboxylic acids is 1. The van der Waals surface area contributed by atoms with Crippen LogP contribution in [0.2, 0.25) is 0 Å². The lowest BCUT2D eigenvalue weighted by atomic mass is 10.0. The maximum atomic E-state index is 13.4. The standard InChI is InChI=1S/C21H15F4N3O5/c22-12-7-5-10(6-8-12)16-18(30)14(17(29)15(26)20(32)33)19(31)28(27-16)9-11-3-1-2-4-13(11)21(23,24)25/h1-8,15,30H,9,26H2,(H,32,33).